The van der Waals surface area contributed by atoms with Gasteiger partial charge in [0.1, 0.15) is 10.1 Å². The van der Waals surface area contributed by atoms with Crippen LogP contribution in [0, 0.1) is 6.07 Å². The third-order valence-electron chi connectivity index (χ3n) is 3.20. The third-order valence-corrected chi connectivity index (χ3v) is 5.66. The second kappa shape index (κ2) is 5.84. The van der Waals surface area contributed by atoms with Gasteiger partial charge in [0, 0.05) is 43.2 Å². The molecule has 0 N–H and O–H groups in total. The normalized spacial score (nSPS) is 18.2. The Labute approximate surface area is 151 Å². The molecule has 0 amide bonds. The van der Waals surface area contributed by atoms with E-state index in [-0.39, 0.29) is 32.7 Å². The first kappa shape index (κ1) is 14.6. The average molecular weight is 372 g/mol. The molecule has 1 aliphatic heterocycles. The third kappa shape index (κ3) is 2.48. The molecule has 97 valence electrons. The molecule has 0 saturated carbocycles. The van der Waals surface area contributed by atoms with Crippen molar-refractivity contribution in [2.45, 2.75) is 13.0 Å². The molecule has 20 heavy (non-hydrogen) atoms. The van der Waals surface area contributed by atoms with Gasteiger partial charge >= 0.3 is 0 Å². The number of rotatable bonds is 1. The number of aromatic nitrogens is 1. The molecule has 2 nitrogen and oxygen atoms in total. The summed E-state index contributed by atoms with van der Waals surface area (Å²) in [5, 5.41) is 4.64. The molecule has 0 aliphatic carbocycles. The zero-order valence-corrected chi connectivity index (χ0v) is 15.4. The van der Waals surface area contributed by atoms with Gasteiger partial charge in [-0.2, -0.15) is 24.3 Å². The van der Waals surface area contributed by atoms with Crippen molar-refractivity contribution < 1.29 is 32.7 Å². The maximum atomic E-state index is 4.74. The van der Waals surface area contributed by atoms with Gasteiger partial charge in [0.25, 0.3) is 0 Å². The van der Waals surface area contributed by atoms with Crippen molar-refractivity contribution in [1.29, 1.82) is 0 Å². The van der Waals surface area contributed by atoms with E-state index in [0.717, 1.165) is 21.3 Å². The maximum Gasteiger partial charge on any atom is 0.149 e. The first-order chi connectivity index (χ1) is 9.31. The quantitative estimate of drug-likeness (QED) is 0.600. The van der Waals surface area contributed by atoms with E-state index in [4.69, 9.17) is 4.98 Å². The van der Waals surface area contributed by atoms with Gasteiger partial charge in [0.2, 0.25) is 0 Å². The molecule has 4 rings (SSSR count). The van der Waals surface area contributed by atoms with E-state index in [1.54, 1.807) is 11.3 Å². The predicted octanol–water partition coefficient (Wildman–Crippen LogP) is 4.13. The fourth-order valence-corrected chi connectivity index (χ4v) is 4.47. The molecule has 2 aromatic carbocycles. The van der Waals surface area contributed by atoms with Crippen LogP contribution in [0.15, 0.2) is 35.3 Å². The van der Waals surface area contributed by atoms with E-state index in [1.807, 2.05) is 23.9 Å². The monoisotopic (exact) mass is 372 g/mol. The zero-order valence-electron chi connectivity index (χ0n) is 11.0. The minimum Gasteiger partial charge on any atom is -0.271 e. The molecular formula is C15H11N2S2Y-. The summed E-state index contributed by atoms with van der Waals surface area (Å²) in [6.45, 7) is 2.15. The van der Waals surface area contributed by atoms with Gasteiger partial charge in [-0.3, -0.25) is 4.99 Å². The number of aliphatic imine (C=N–C) groups is 1. The van der Waals surface area contributed by atoms with Crippen molar-refractivity contribution in [3.8, 4) is 0 Å². The first-order valence-corrected chi connectivity index (χ1v) is 8.02. The number of thioether (sulfide) groups is 1. The number of thiazole rings is 1. The Morgan fingerprint density at radius 3 is 3.00 bits per heavy atom. The van der Waals surface area contributed by atoms with Crippen molar-refractivity contribution in [2.24, 2.45) is 4.99 Å². The molecule has 5 heteroatoms. The van der Waals surface area contributed by atoms with Gasteiger partial charge in [-0.25, -0.2) is 4.98 Å². The van der Waals surface area contributed by atoms with Gasteiger partial charge < -0.3 is 0 Å². The van der Waals surface area contributed by atoms with E-state index in [0.29, 0.717) is 6.04 Å². The summed E-state index contributed by atoms with van der Waals surface area (Å²) < 4.78 is 1.25. The molecule has 3 aromatic rings. The molecule has 1 aliphatic rings. The molecule has 2 heterocycles. The standard InChI is InChI=1S/C15H11N2S2.Y/c1-9-8-18-14(16-9)15-17-12-7-6-10-4-2-3-5-11(10)13(12)19-15;/h3-7,9H,8H2,1H3;/q-1;. The molecule has 1 unspecified atom stereocenters. The number of benzene rings is 2. The van der Waals surface area contributed by atoms with Crippen LogP contribution in [0.1, 0.15) is 11.9 Å². The summed E-state index contributed by atoms with van der Waals surface area (Å²) in [4.78, 5) is 9.39. The van der Waals surface area contributed by atoms with Gasteiger partial charge in [-0.05, 0) is 13.0 Å². The van der Waals surface area contributed by atoms with Crippen molar-refractivity contribution in [2.75, 3.05) is 5.75 Å². The number of hydrogen-bond acceptors (Lipinski definition) is 4. The van der Waals surface area contributed by atoms with Crippen LogP contribution in [0.3, 0.4) is 0 Å². The maximum absolute atomic E-state index is 4.74. The van der Waals surface area contributed by atoms with Crippen LogP contribution in [0.2, 0.25) is 0 Å². The SMILES string of the molecule is CC1CSC(c2nc3ccc4c[c-]ccc4c3s2)=N1.[Y]. The van der Waals surface area contributed by atoms with Crippen molar-refractivity contribution in [3.05, 3.63) is 41.4 Å². The van der Waals surface area contributed by atoms with Gasteiger partial charge in [-0.15, -0.1) is 39.9 Å². The second-order valence-corrected chi connectivity index (χ2v) is 6.68. The summed E-state index contributed by atoms with van der Waals surface area (Å²) in [6.07, 6.45) is 0. The van der Waals surface area contributed by atoms with Crippen LogP contribution in [-0.2, 0) is 32.7 Å². The number of nitrogens with zero attached hydrogens (tertiary/aromatic N) is 2. The Kier molecular flexibility index (Phi) is 4.27. The predicted molar refractivity (Wildman–Crippen MR) is 84.4 cm³/mol. The molecule has 1 atom stereocenters. The molecule has 0 bridgehead atoms. The average Bonchev–Trinajstić information content (AvgIpc) is 3.04. The largest absolute Gasteiger partial charge is 0.271 e. The minimum atomic E-state index is 0. The molecule has 1 aromatic heterocycles. The summed E-state index contributed by atoms with van der Waals surface area (Å²) >= 11 is 3.57. The van der Waals surface area contributed by atoms with Crippen molar-refractivity contribution >= 4 is 49.1 Å². The van der Waals surface area contributed by atoms with E-state index < -0.39 is 0 Å². The summed E-state index contributed by atoms with van der Waals surface area (Å²) in [5.74, 6) is 1.07. The molecule has 1 radical (unpaired) electrons. The van der Waals surface area contributed by atoms with Gasteiger partial charge in [-0.1, -0.05) is 0 Å². The van der Waals surface area contributed by atoms with Crippen LogP contribution in [0.4, 0.5) is 0 Å². The minimum absolute atomic E-state index is 0. The van der Waals surface area contributed by atoms with E-state index >= 15 is 0 Å². The molecular weight excluding hydrogens is 361 g/mol. The Morgan fingerprint density at radius 2 is 2.20 bits per heavy atom. The van der Waals surface area contributed by atoms with Crippen LogP contribution in [0.5, 0.6) is 0 Å². The molecule has 0 fully saturated rings. The van der Waals surface area contributed by atoms with Crippen LogP contribution in [-0.4, -0.2) is 21.8 Å². The fraction of sp³-hybridized carbons (Fsp3) is 0.200. The Hall–Kier alpha value is -0.286. The summed E-state index contributed by atoms with van der Waals surface area (Å²) in [7, 11) is 0. The first-order valence-electron chi connectivity index (χ1n) is 6.21. The summed E-state index contributed by atoms with van der Waals surface area (Å²) in [5.41, 5.74) is 1.07. The van der Waals surface area contributed by atoms with E-state index in [1.165, 1.54) is 15.5 Å². The van der Waals surface area contributed by atoms with Crippen molar-refractivity contribution in [3.63, 3.8) is 0 Å². The molecule has 0 saturated heterocycles. The van der Waals surface area contributed by atoms with E-state index in [2.05, 4.69) is 36.2 Å². The summed E-state index contributed by atoms with van der Waals surface area (Å²) in [6, 6.07) is 13.9. The van der Waals surface area contributed by atoms with Crippen LogP contribution in [0.25, 0.3) is 21.0 Å². The Bertz CT molecular complexity index is 810. The zero-order chi connectivity index (χ0) is 12.8. The number of hydrogen-bond donors (Lipinski definition) is 0. The topological polar surface area (TPSA) is 25.2 Å². The van der Waals surface area contributed by atoms with E-state index in [9.17, 15) is 0 Å². The Balaban J connectivity index is 0.00000121. The van der Waals surface area contributed by atoms with Gasteiger partial charge in [0.05, 0.1) is 11.6 Å². The van der Waals surface area contributed by atoms with Gasteiger partial charge in [0.15, 0.2) is 0 Å². The van der Waals surface area contributed by atoms with Crippen LogP contribution < -0.4 is 0 Å². The second-order valence-electron chi connectivity index (χ2n) is 4.67. The van der Waals surface area contributed by atoms with Crippen LogP contribution >= 0.6 is 23.1 Å². The number of fused-ring (bicyclic) bond motifs is 3. The Morgan fingerprint density at radius 1 is 1.30 bits per heavy atom. The van der Waals surface area contributed by atoms with Crippen molar-refractivity contribution in [1.82, 2.24) is 4.98 Å². The molecule has 0 spiro atoms. The fourth-order valence-electron chi connectivity index (χ4n) is 2.28. The smallest absolute Gasteiger partial charge is 0.149 e.